The monoisotopic (exact) mass is 618 g/mol. The number of aromatic nitrogens is 1. The Morgan fingerprint density at radius 3 is 2.30 bits per heavy atom. The Morgan fingerprint density at radius 2 is 1.70 bits per heavy atom. The molecule has 0 fully saturated rings. The van der Waals surface area contributed by atoms with E-state index < -0.39 is 18.1 Å². The van der Waals surface area contributed by atoms with E-state index in [1.165, 1.54) is 6.08 Å². The second-order valence-corrected chi connectivity index (χ2v) is 9.04. The number of halogens is 1. The molecule has 0 aliphatic heterocycles. The Labute approximate surface area is 240 Å². The number of nitriles is 1. The average molecular weight is 619 g/mol. The van der Waals surface area contributed by atoms with Crippen molar-refractivity contribution < 1.29 is 38.8 Å². The van der Waals surface area contributed by atoms with E-state index in [-0.39, 0.29) is 56.1 Å². The van der Waals surface area contributed by atoms with Crippen LogP contribution in [-0.4, -0.2) is 77.8 Å². The van der Waals surface area contributed by atoms with E-state index in [1.807, 2.05) is 25.1 Å². The van der Waals surface area contributed by atoms with Gasteiger partial charge in [0.05, 0.1) is 44.7 Å². The highest BCUT2D eigenvalue weighted by Gasteiger charge is 2.19. The van der Waals surface area contributed by atoms with Gasteiger partial charge in [0, 0.05) is 0 Å². The van der Waals surface area contributed by atoms with Crippen molar-refractivity contribution >= 4 is 40.1 Å². The smallest absolute Gasteiger partial charge is 0.416 e. The number of rotatable bonds is 16. The molecule has 3 amide bonds. The first-order valence-electron chi connectivity index (χ1n) is 12.4. The van der Waals surface area contributed by atoms with Gasteiger partial charge >= 0.3 is 12.2 Å². The standard InChI is InChI=1S/C27H31BrN4O8/c1-2-4-23(31-25(33)20(18-29)17-21-5-3-6-24(28)30-21)19-7-9-22(10-8-19)40-16-15-39-14-13-38-12-11-32(26(34)35)27(36)37/h3,5-10,17,23H,2,4,11-16H2,1H3,(H,31,33)(H,34,35)(H,36,37)/b20-17+. The fourth-order valence-electron chi connectivity index (χ4n) is 3.41. The van der Waals surface area contributed by atoms with E-state index in [0.717, 1.165) is 12.0 Å². The molecule has 0 aliphatic carbocycles. The second kappa shape index (κ2) is 17.6. The number of nitrogens with zero attached hydrogens (tertiary/aromatic N) is 3. The third-order valence-electron chi connectivity index (χ3n) is 5.35. The van der Waals surface area contributed by atoms with E-state index in [9.17, 15) is 19.6 Å². The molecule has 1 atom stereocenters. The maximum atomic E-state index is 12.8. The zero-order chi connectivity index (χ0) is 29.3. The molecule has 1 aromatic carbocycles. The molecule has 12 nitrogen and oxygen atoms in total. The highest BCUT2D eigenvalue weighted by atomic mass is 79.9. The number of hydrogen-bond acceptors (Lipinski definition) is 8. The number of nitrogens with one attached hydrogen (secondary N) is 1. The van der Waals surface area contributed by atoms with Crippen LogP contribution in [0.3, 0.4) is 0 Å². The first kappa shape index (κ1) is 32.2. The first-order valence-corrected chi connectivity index (χ1v) is 13.2. The van der Waals surface area contributed by atoms with Crippen LogP contribution in [0, 0.1) is 11.3 Å². The van der Waals surface area contributed by atoms with Crippen molar-refractivity contribution in [2.24, 2.45) is 0 Å². The molecular weight excluding hydrogens is 588 g/mol. The van der Waals surface area contributed by atoms with Crippen molar-refractivity contribution in [3.63, 3.8) is 0 Å². The van der Waals surface area contributed by atoms with Gasteiger partial charge in [-0.15, -0.1) is 0 Å². The molecule has 1 unspecified atom stereocenters. The van der Waals surface area contributed by atoms with Gasteiger partial charge in [0.2, 0.25) is 0 Å². The summed E-state index contributed by atoms with van der Waals surface area (Å²) in [5.41, 5.74) is 1.33. The number of carbonyl (C=O) groups excluding carboxylic acids is 1. The SMILES string of the molecule is CCCC(NC(=O)/C(C#N)=C/c1cccc(Br)n1)c1ccc(OCCOCCOCCN(C(=O)O)C(=O)O)cc1. The Bertz CT molecular complexity index is 1190. The number of ether oxygens (including phenoxy) is 3. The van der Waals surface area contributed by atoms with E-state index in [4.69, 9.17) is 24.4 Å². The molecule has 0 spiro atoms. The molecule has 2 aromatic rings. The molecule has 1 heterocycles. The van der Waals surface area contributed by atoms with Crippen LogP contribution in [0.2, 0.25) is 0 Å². The first-order chi connectivity index (χ1) is 19.2. The lowest BCUT2D eigenvalue weighted by atomic mass is 10.0. The molecule has 2 rings (SSSR count). The summed E-state index contributed by atoms with van der Waals surface area (Å²) in [5.74, 6) is 0.135. The summed E-state index contributed by atoms with van der Waals surface area (Å²) < 4.78 is 16.8. The molecule has 40 heavy (non-hydrogen) atoms. The van der Waals surface area contributed by atoms with Crippen LogP contribution >= 0.6 is 15.9 Å². The van der Waals surface area contributed by atoms with Crippen LogP contribution in [0.5, 0.6) is 5.75 Å². The van der Waals surface area contributed by atoms with Crippen LogP contribution in [0.15, 0.2) is 52.6 Å². The molecule has 0 saturated carbocycles. The highest BCUT2D eigenvalue weighted by Crippen LogP contribution is 2.22. The molecule has 3 N–H and O–H groups in total. The zero-order valence-electron chi connectivity index (χ0n) is 21.9. The van der Waals surface area contributed by atoms with Crippen molar-refractivity contribution in [2.45, 2.75) is 25.8 Å². The lowest BCUT2D eigenvalue weighted by molar-refractivity contribution is -0.117. The van der Waals surface area contributed by atoms with Gasteiger partial charge in [-0.25, -0.2) is 19.5 Å². The summed E-state index contributed by atoms with van der Waals surface area (Å²) >= 11 is 3.28. The molecule has 0 bridgehead atoms. The highest BCUT2D eigenvalue weighted by molar-refractivity contribution is 9.10. The van der Waals surface area contributed by atoms with Crippen LogP contribution in [-0.2, 0) is 14.3 Å². The predicted octanol–water partition coefficient (Wildman–Crippen LogP) is 4.48. The number of benzene rings is 1. The minimum Gasteiger partial charge on any atom is -0.491 e. The predicted molar refractivity (Wildman–Crippen MR) is 148 cm³/mol. The zero-order valence-corrected chi connectivity index (χ0v) is 23.5. The van der Waals surface area contributed by atoms with Crippen LogP contribution in [0.4, 0.5) is 9.59 Å². The Kier molecular flexibility index (Phi) is 14.2. The minimum atomic E-state index is -1.56. The number of amides is 3. The van der Waals surface area contributed by atoms with Gasteiger partial charge in [0.15, 0.2) is 0 Å². The third kappa shape index (κ3) is 11.4. The quantitative estimate of drug-likeness (QED) is 0.105. The van der Waals surface area contributed by atoms with E-state index in [1.54, 1.807) is 30.3 Å². The van der Waals surface area contributed by atoms with E-state index in [0.29, 0.717) is 22.5 Å². The topological polar surface area (TPSA) is 171 Å². The van der Waals surface area contributed by atoms with Gasteiger partial charge in [-0.05, 0) is 58.3 Å². The van der Waals surface area contributed by atoms with Crippen molar-refractivity contribution in [1.82, 2.24) is 15.2 Å². The normalized spacial score (nSPS) is 11.8. The number of carbonyl (C=O) groups is 3. The summed E-state index contributed by atoms with van der Waals surface area (Å²) in [7, 11) is 0. The number of imide groups is 1. The van der Waals surface area contributed by atoms with Crippen molar-refractivity contribution in [3.05, 3.63) is 63.9 Å². The largest absolute Gasteiger partial charge is 0.491 e. The molecule has 214 valence electrons. The average Bonchev–Trinajstić information content (AvgIpc) is 2.92. The number of pyridine rings is 1. The molecule has 1 aromatic heterocycles. The van der Waals surface area contributed by atoms with Crippen LogP contribution < -0.4 is 10.1 Å². The summed E-state index contributed by atoms with van der Waals surface area (Å²) in [6.45, 7) is 2.62. The number of hydrogen-bond donors (Lipinski definition) is 3. The maximum absolute atomic E-state index is 12.8. The van der Waals surface area contributed by atoms with E-state index in [2.05, 4.69) is 26.2 Å². The van der Waals surface area contributed by atoms with Gasteiger partial charge < -0.3 is 29.7 Å². The number of carboxylic acid groups (broad SMARTS) is 2. The maximum Gasteiger partial charge on any atom is 0.416 e. The minimum absolute atomic E-state index is 0.0421. The van der Waals surface area contributed by atoms with Crippen LogP contribution in [0.25, 0.3) is 6.08 Å². The fourth-order valence-corrected chi connectivity index (χ4v) is 3.77. The Hall–Kier alpha value is -3.99. The van der Waals surface area contributed by atoms with E-state index >= 15 is 0 Å². The third-order valence-corrected chi connectivity index (χ3v) is 5.79. The molecule has 0 saturated heterocycles. The van der Waals surface area contributed by atoms with Gasteiger partial charge in [0.25, 0.3) is 5.91 Å². The van der Waals surface area contributed by atoms with Gasteiger partial charge in [-0.1, -0.05) is 31.5 Å². The molecular formula is C27H31BrN4O8. The van der Waals surface area contributed by atoms with Crippen molar-refractivity contribution in [2.75, 3.05) is 39.6 Å². The Balaban J connectivity index is 1.77. The summed E-state index contributed by atoms with van der Waals surface area (Å²) in [4.78, 5) is 38.8. The van der Waals surface area contributed by atoms with Crippen LogP contribution in [0.1, 0.15) is 37.1 Å². The molecule has 0 aliphatic rings. The van der Waals surface area contributed by atoms with Crippen molar-refractivity contribution in [3.8, 4) is 11.8 Å². The second-order valence-electron chi connectivity index (χ2n) is 8.23. The summed E-state index contributed by atoms with van der Waals surface area (Å²) in [6, 6.07) is 14.2. The fraction of sp³-hybridized carbons (Fsp3) is 0.370. The molecule has 13 heteroatoms. The van der Waals surface area contributed by atoms with Gasteiger partial charge in [-0.2, -0.15) is 5.26 Å². The lowest BCUT2D eigenvalue weighted by Gasteiger charge is -2.19. The Morgan fingerprint density at radius 1 is 1.05 bits per heavy atom. The molecule has 0 radical (unpaired) electrons. The summed E-state index contributed by atoms with van der Waals surface area (Å²) in [6.07, 6.45) is -0.168. The summed E-state index contributed by atoms with van der Waals surface area (Å²) in [5, 5.41) is 29.9. The van der Waals surface area contributed by atoms with Gasteiger partial charge in [-0.3, -0.25) is 4.79 Å². The lowest BCUT2D eigenvalue weighted by Crippen LogP contribution is -2.37. The van der Waals surface area contributed by atoms with Gasteiger partial charge in [0.1, 0.15) is 28.6 Å². The van der Waals surface area contributed by atoms with Crippen molar-refractivity contribution in [1.29, 1.82) is 5.26 Å².